The molecule has 1 atom stereocenters. The van der Waals surface area contributed by atoms with Crippen LogP contribution in [0.1, 0.15) is 32.2 Å². The molecule has 3 rings (SSSR count). The van der Waals surface area contributed by atoms with Crippen LogP contribution in [0.5, 0.6) is 0 Å². The first-order valence-corrected chi connectivity index (χ1v) is 7.57. The average Bonchev–Trinajstić information content (AvgIpc) is 3.13. The second kappa shape index (κ2) is 5.69. The van der Waals surface area contributed by atoms with E-state index in [0.717, 1.165) is 19.3 Å². The first-order valence-electron chi connectivity index (χ1n) is 6.76. The topological polar surface area (TPSA) is 95.1 Å². The van der Waals surface area contributed by atoms with Gasteiger partial charge in [-0.1, -0.05) is 0 Å². The molecule has 2 aromatic rings. The summed E-state index contributed by atoms with van der Waals surface area (Å²) in [6.07, 6.45) is 6.40. The largest absolute Gasteiger partial charge is 0.480 e. The minimum Gasteiger partial charge on any atom is -0.480 e. The lowest BCUT2D eigenvalue weighted by atomic mass is 10.1. The molecule has 1 amide bonds. The molecule has 1 aliphatic rings. The van der Waals surface area contributed by atoms with Gasteiger partial charge in [-0.3, -0.25) is 4.79 Å². The van der Waals surface area contributed by atoms with E-state index in [2.05, 4.69) is 15.3 Å². The van der Waals surface area contributed by atoms with Gasteiger partial charge in [0.2, 0.25) is 0 Å². The highest BCUT2D eigenvalue weighted by Crippen LogP contribution is 2.30. The Morgan fingerprint density at radius 3 is 3.00 bits per heavy atom. The maximum atomic E-state index is 12.2. The van der Waals surface area contributed by atoms with Crippen LogP contribution in [0, 0.1) is 0 Å². The van der Waals surface area contributed by atoms with Crippen LogP contribution in [-0.4, -0.2) is 33.0 Å². The van der Waals surface area contributed by atoms with Gasteiger partial charge in [0.25, 0.3) is 5.91 Å². The van der Waals surface area contributed by atoms with Crippen molar-refractivity contribution in [2.24, 2.45) is 0 Å². The van der Waals surface area contributed by atoms with Gasteiger partial charge in [0.15, 0.2) is 0 Å². The summed E-state index contributed by atoms with van der Waals surface area (Å²) in [5.74, 6) is -1.37. The number of carbonyl (C=O) groups is 2. The first kappa shape index (κ1) is 13.8. The number of thiophene rings is 1. The quantitative estimate of drug-likeness (QED) is 0.778. The average molecular weight is 305 g/mol. The third-order valence-corrected chi connectivity index (χ3v) is 4.79. The number of hydrogen-bond acceptors (Lipinski definition) is 4. The Balaban J connectivity index is 1.69. The Hall–Kier alpha value is -2.15. The number of nitrogens with one attached hydrogen (secondary N) is 2. The number of amides is 1. The smallest absolute Gasteiger partial charge is 0.326 e. The highest BCUT2D eigenvalue weighted by atomic mass is 32.1. The van der Waals surface area contributed by atoms with Gasteiger partial charge in [0, 0.05) is 23.2 Å². The molecule has 0 saturated carbocycles. The number of carboxylic acids is 1. The van der Waals surface area contributed by atoms with E-state index in [0.29, 0.717) is 10.6 Å². The number of rotatable bonds is 5. The number of H-pyrrole nitrogens is 1. The van der Waals surface area contributed by atoms with E-state index >= 15 is 0 Å². The fraction of sp³-hybridized carbons (Fsp3) is 0.357. The molecule has 0 saturated heterocycles. The number of aliphatic carboxylic acids is 1. The molecule has 0 radical (unpaired) electrons. The van der Waals surface area contributed by atoms with Crippen molar-refractivity contribution in [3.8, 4) is 0 Å². The Kier molecular flexibility index (Phi) is 3.74. The van der Waals surface area contributed by atoms with E-state index in [1.54, 1.807) is 6.20 Å². The van der Waals surface area contributed by atoms with Crippen LogP contribution >= 0.6 is 11.3 Å². The molecule has 0 bridgehead atoms. The summed E-state index contributed by atoms with van der Waals surface area (Å²) < 4.78 is 0. The zero-order chi connectivity index (χ0) is 14.8. The van der Waals surface area contributed by atoms with E-state index in [1.165, 1.54) is 28.1 Å². The normalized spacial score (nSPS) is 14.7. The van der Waals surface area contributed by atoms with E-state index in [1.807, 2.05) is 6.07 Å². The number of nitrogens with zero attached hydrogens (tertiary/aromatic N) is 1. The molecule has 6 nitrogen and oxygen atoms in total. The minimum absolute atomic E-state index is 0.187. The number of carboxylic acid groups (broad SMARTS) is 1. The van der Waals surface area contributed by atoms with Gasteiger partial charge < -0.3 is 15.4 Å². The molecule has 3 N–H and O–H groups in total. The standard InChI is InChI=1S/C14H15N3O3S/c18-13(12-4-8-2-1-3-11(8)21-12)17-10(14(19)20)5-9-6-15-7-16-9/h4,6-7,10H,1-3,5H2,(H,15,16)(H,17,18)(H,19,20)/t10-/m1/s1. The second-order valence-electron chi connectivity index (χ2n) is 5.06. The van der Waals surface area contributed by atoms with E-state index in [9.17, 15) is 14.7 Å². The van der Waals surface area contributed by atoms with Gasteiger partial charge in [-0.15, -0.1) is 11.3 Å². The Morgan fingerprint density at radius 2 is 2.33 bits per heavy atom. The molecule has 0 unspecified atom stereocenters. The number of hydrogen-bond donors (Lipinski definition) is 3. The molecule has 110 valence electrons. The van der Waals surface area contributed by atoms with Gasteiger partial charge in [0.1, 0.15) is 6.04 Å². The monoisotopic (exact) mass is 305 g/mol. The summed E-state index contributed by atoms with van der Waals surface area (Å²) in [4.78, 5) is 32.0. The zero-order valence-corrected chi connectivity index (χ0v) is 12.1. The number of fused-ring (bicyclic) bond motifs is 1. The van der Waals surface area contributed by atoms with Crippen molar-refractivity contribution in [1.29, 1.82) is 0 Å². The molecule has 0 aliphatic heterocycles. The lowest BCUT2D eigenvalue weighted by molar-refractivity contribution is -0.139. The molecule has 7 heteroatoms. The molecule has 2 aromatic heterocycles. The number of aromatic amines is 1. The number of imidazole rings is 1. The summed E-state index contributed by atoms with van der Waals surface area (Å²) in [6.45, 7) is 0. The van der Waals surface area contributed by atoms with E-state index in [4.69, 9.17) is 0 Å². The van der Waals surface area contributed by atoms with Crippen LogP contribution in [0.2, 0.25) is 0 Å². The molecular weight excluding hydrogens is 290 g/mol. The maximum Gasteiger partial charge on any atom is 0.326 e. The molecule has 2 heterocycles. The third kappa shape index (κ3) is 2.97. The number of carbonyl (C=O) groups excluding carboxylic acids is 1. The summed E-state index contributed by atoms with van der Waals surface area (Å²) in [5.41, 5.74) is 1.90. The molecule has 1 aliphatic carbocycles. The highest BCUT2D eigenvalue weighted by molar-refractivity contribution is 7.14. The van der Waals surface area contributed by atoms with Crippen LogP contribution < -0.4 is 5.32 Å². The predicted octanol–water partition coefficient (Wildman–Crippen LogP) is 1.39. The van der Waals surface area contributed by atoms with Crippen LogP contribution in [0.25, 0.3) is 0 Å². The van der Waals surface area contributed by atoms with Crippen molar-refractivity contribution in [3.63, 3.8) is 0 Å². The van der Waals surface area contributed by atoms with Crippen molar-refractivity contribution in [3.05, 3.63) is 39.6 Å². The van der Waals surface area contributed by atoms with Gasteiger partial charge in [-0.05, 0) is 30.9 Å². The number of aromatic nitrogens is 2. The lowest BCUT2D eigenvalue weighted by Gasteiger charge is -2.12. The fourth-order valence-corrected chi connectivity index (χ4v) is 3.64. The van der Waals surface area contributed by atoms with Crippen LogP contribution in [0.4, 0.5) is 0 Å². The van der Waals surface area contributed by atoms with Gasteiger partial charge >= 0.3 is 5.97 Å². The van der Waals surface area contributed by atoms with Crippen LogP contribution in [0.15, 0.2) is 18.6 Å². The summed E-state index contributed by atoms with van der Waals surface area (Å²) >= 11 is 1.47. The van der Waals surface area contributed by atoms with Crippen LogP contribution in [0.3, 0.4) is 0 Å². The molecule has 21 heavy (non-hydrogen) atoms. The van der Waals surface area contributed by atoms with Crippen molar-refractivity contribution in [2.45, 2.75) is 31.7 Å². The van der Waals surface area contributed by atoms with Gasteiger partial charge in [0.05, 0.1) is 11.2 Å². The summed E-state index contributed by atoms with van der Waals surface area (Å²) in [7, 11) is 0. The molecule has 0 fully saturated rings. The second-order valence-corrected chi connectivity index (χ2v) is 6.19. The zero-order valence-electron chi connectivity index (χ0n) is 11.3. The van der Waals surface area contributed by atoms with Crippen LogP contribution in [-0.2, 0) is 24.1 Å². The van der Waals surface area contributed by atoms with Crippen molar-refractivity contribution in [2.75, 3.05) is 0 Å². The Morgan fingerprint density at radius 1 is 1.48 bits per heavy atom. The highest BCUT2D eigenvalue weighted by Gasteiger charge is 2.24. The Bertz CT molecular complexity index is 642. The van der Waals surface area contributed by atoms with Gasteiger partial charge in [-0.2, -0.15) is 0 Å². The molecular formula is C14H15N3O3S. The van der Waals surface area contributed by atoms with Crippen molar-refractivity contribution in [1.82, 2.24) is 15.3 Å². The Labute approximate surface area is 125 Å². The summed E-state index contributed by atoms with van der Waals surface area (Å²) in [5, 5.41) is 11.8. The SMILES string of the molecule is O=C(N[C@H](Cc1cnc[nH]1)C(=O)O)c1cc2c(s1)CCC2. The van der Waals surface area contributed by atoms with E-state index < -0.39 is 12.0 Å². The fourth-order valence-electron chi connectivity index (χ4n) is 2.49. The van der Waals surface area contributed by atoms with Gasteiger partial charge in [-0.25, -0.2) is 9.78 Å². The molecule has 0 aromatic carbocycles. The molecule has 0 spiro atoms. The van der Waals surface area contributed by atoms with Crippen molar-refractivity contribution >= 4 is 23.2 Å². The van der Waals surface area contributed by atoms with E-state index in [-0.39, 0.29) is 12.3 Å². The minimum atomic E-state index is -1.05. The number of aryl methyl sites for hydroxylation is 2. The lowest BCUT2D eigenvalue weighted by Crippen LogP contribution is -2.42. The summed E-state index contributed by atoms with van der Waals surface area (Å²) in [6, 6.07) is 0.923. The maximum absolute atomic E-state index is 12.2. The first-order chi connectivity index (χ1) is 10.1. The van der Waals surface area contributed by atoms with Crippen molar-refractivity contribution < 1.29 is 14.7 Å². The third-order valence-electron chi connectivity index (χ3n) is 3.55. The predicted molar refractivity (Wildman–Crippen MR) is 77.5 cm³/mol.